The monoisotopic (exact) mass is 409 g/mol. The predicted molar refractivity (Wildman–Crippen MR) is 97.5 cm³/mol. The Labute approximate surface area is 144 Å². The Morgan fingerprint density at radius 3 is 2.38 bits per heavy atom. The van der Waals surface area contributed by atoms with Gasteiger partial charge in [0.05, 0.1) is 0 Å². The van der Waals surface area contributed by atoms with Gasteiger partial charge < -0.3 is 5.32 Å². The van der Waals surface area contributed by atoms with Crippen molar-refractivity contribution in [1.29, 1.82) is 0 Å². The van der Waals surface area contributed by atoms with Crippen LogP contribution in [0.4, 0.5) is 0 Å². The molecule has 0 saturated heterocycles. The van der Waals surface area contributed by atoms with E-state index in [-0.39, 0.29) is 0 Å². The molecular weight excluding hydrogens is 390 g/mol. The summed E-state index contributed by atoms with van der Waals surface area (Å²) in [5.74, 6) is 0. The third kappa shape index (κ3) is 4.67. The van der Waals surface area contributed by atoms with Crippen LogP contribution in [0.1, 0.15) is 49.9 Å². The second kappa shape index (κ2) is 8.11. The maximum absolute atomic E-state index is 3.77. The van der Waals surface area contributed by atoms with Crippen LogP contribution in [0, 0.1) is 0 Å². The molecule has 0 spiro atoms. The maximum Gasteiger partial charge on any atom is 0.0325 e. The molecule has 2 unspecified atom stereocenters. The zero-order valence-corrected chi connectivity index (χ0v) is 15.6. The van der Waals surface area contributed by atoms with Crippen molar-refractivity contribution in [2.75, 3.05) is 0 Å². The molecule has 0 heterocycles. The normalized spacial score (nSPS) is 13.9. The summed E-state index contributed by atoms with van der Waals surface area (Å²) in [6, 6.07) is 17.8. The summed E-state index contributed by atoms with van der Waals surface area (Å²) in [5.41, 5.74) is 2.65. The average molecular weight is 411 g/mol. The van der Waals surface area contributed by atoms with Crippen molar-refractivity contribution in [3.05, 3.63) is 68.6 Å². The van der Waals surface area contributed by atoms with Crippen molar-refractivity contribution in [2.45, 2.75) is 38.8 Å². The lowest BCUT2D eigenvalue weighted by Crippen LogP contribution is -2.25. The number of benzene rings is 2. The topological polar surface area (TPSA) is 12.0 Å². The fourth-order valence-corrected chi connectivity index (χ4v) is 3.95. The fourth-order valence-electron chi connectivity index (χ4n) is 2.56. The lowest BCUT2D eigenvalue weighted by Gasteiger charge is -2.24. The van der Waals surface area contributed by atoms with Crippen molar-refractivity contribution >= 4 is 31.9 Å². The van der Waals surface area contributed by atoms with Crippen molar-refractivity contribution in [1.82, 2.24) is 5.32 Å². The molecule has 112 valence electrons. The molecule has 0 aliphatic rings. The third-order valence-electron chi connectivity index (χ3n) is 3.66. The van der Waals surface area contributed by atoms with Crippen LogP contribution < -0.4 is 5.32 Å². The first-order valence-corrected chi connectivity index (χ1v) is 8.96. The van der Waals surface area contributed by atoms with Gasteiger partial charge in [0.15, 0.2) is 0 Å². The molecule has 0 aromatic heterocycles. The maximum atomic E-state index is 3.77. The molecule has 2 aromatic rings. The molecule has 1 N–H and O–H groups in total. The van der Waals surface area contributed by atoms with Crippen LogP contribution in [0.2, 0.25) is 0 Å². The van der Waals surface area contributed by atoms with Gasteiger partial charge >= 0.3 is 0 Å². The standard InChI is InChI=1S/C18H21Br2N/c1-3-7-18(14-8-5-4-6-9-14)21-13(2)16-11-10-15(19)12-17(16)20/h4-6,8-13,18,21H,3,7H2,1-2H3. The zero-order chi connectivity index (χ0) is 15.2. The van der Waals surface area contributed by atoms with E-state index in [1.54, 1.807) is 0 Å². The Balaban J connectivity index is 2.16. The Morgan fingerprint density at radius 2 is 1.76 bits per heavy atom. The van der Waals surface area contributed by atoms with Gasteiger partial charge in [-0.05, 0) is 36.6 Å². The highest BCUT2D eigenvalue weighted by atomic mass is 79.9. The third-order valence-corrected chi connectivity index (χ3v) is 4.84. The van der Waals surface area contributed by atoms with Crippen LogP contribution in [-0.4, -0.2) is 0 Å². The highest BCUT2D eigenvalue weighted by molar-refractivity contribution is 9.11. The van der Waals surface area contributed by atoms with E-state index >= 15 is 0 Å². The molecule has 0 bridgehead atoms. The Bertz CT molecular complexity index is 569. The number of hydrogen-bond acceptors (Lipinski definition) is 1. The number of halogens is 2. The number of hydrogen-bond donors (Lipinski definition) is 1. The van der Waals surface area contributed by atoms with E-state index < -0.39 is 0 Å². The molecule has 0 aliphatic heterocycles. The molecule has 2 atom stereocenters. The average Bonchev–Trinajstić information content (AvgIpc) is 2.47. The second-order valence-corrected chi connectivity index (χ2v) is 7.08. The first-order valence-electron chi connectivity index (χ1n) is 7.37. The van der Waals surface area contributed by atoms with Crippen molar-refractivity contribution < 1.29 is 0 Å². The highest BCUT2D eigenvalue weighted by Crippen LogP contribution is 2.29. The number of nitrogens with one attached hydrogen (secondary N) is 1. The van der Waals surface area contributed by atoms with E-state index in [9.17, 15) is 0 Å². The first-order chi connectivity index (χ1) is 10.1. The van der Waals surface area contributed by atoms with Gasteiger partial charge in [-0.2, -0.15) is 0 Å². The summed E-state index contributed by atoms with van der Waals surface area (Å²) < 4.78 is 2.23. The highest BCUT2D eigenvalue weighted by Gasteiger charge is 2.16. The van der Waals surface area contributed by atoms with Gasteiger partial charge in [-0.3, -0.25) is 0 Å². The van der Waals surface area contributed by atoms with E-state index in [2.05, 4.69) is 99.6 Å². The molecule has 0 saturated carbocycles. The lowest BCUT2D eigenvalue weighted by molar-refractivity contribution is 0.439. The van der Waals surface area contributed by atoms with E-state index in [1.807, 2.05) is 0 Å². The molecule has 0 radical (unpaired) electrons. The zero-order valence-electron chi connectivity index (χ0n) is 12.4. The Kier molecular flexibility index (Phi) is 6.46. The van der Waals surface area contributed by atoms with Crippen LogP contribution in [0.3, 0.4) is 0 Å². The molecule has 2 aromatic carbocycles. The summed E-state index contributed by atoms with van der Waals surface area (Å²) in [5, 5.41) is 3.77. The van der Waals surface area contributed by atoms with Gasteiger partial charge in [0.2, 0.25) is 0 Å². The van der Waals surface area contributed by atoms with Crippen LogP contribution in [-0.2, 0) is 0 Å². The van der Waals surface area contributed by atoms with Crippen LogP contribution >= 0.6 is 31.9 Å². The minimum absolute atomic E-state index is 0.296. The van der Waals surface area contributed by atoms with Gasteiger partial charge in [-0.1, -0.05) is 81.6 Å². The second-order valence-electron chi connectivity index (χ2n) is 5.31. The van der Waals surface area contributed by atoms with E-state index in [4.69, 9.17) is 0 Å². The smallest absolute Gasteiger partial charge is 0.0325 e. The van der Waals surface area contributed by atoms with E-state index in [0.717, 1.165) is 15.4 Å². The quantitative estimate of drug-likeness (QED) is 0.580. The Hall–Kier alpha value is -0.640. The summed E-state index contributed by atoms with van der Waals surface area (Å²) in [7, 11) is 0. The van der Waals surface area contributed by atoms with Crippen molar-refractivity contribution in [3.63, 3.8) is 0 Å². The minimum Gasteiger partial charge on any atom is -0.303 e. The van der Waals surface area contributed by atoms with Crippen LogP contribution in [0.15, 0.2) is 57.5 Å². The van der Waals surface area contributed by atoms with Crippen molar-refractivity contribution in [3.8, 4) is 0 Å². The largest absolute Gasteiger partial charge is 0.303 e. The van der Waals surface area contributed by atoms with Gasteiger partial charge in [-0.25, -0.2) is 0 Å². The Morgan fingerprint density at radius 1 is 1.05 bits per heavy atom. The molecule has 0 amide bonds. The van der Waals surface area contributed by atoms with Gasteiger partial charge in [0, 0.05) is 21.0 Å². The summed E-state index contributed by atoms with van der Waals surface area (Å²) in [6.07, 6.45) is 2.31. The summed E-state index contributed by atoms with van der Waals surface area (Å²) >= 11 is 7.17. The van der Waals surface area contributed by atoms with Gasteiger partial charge in [0.1, 0.15) is 0 Å². The lowest BCUT2D eigenvalue weighted by atomic mass is 10.00. The van der Waals surface area contributed by atoms with Crippen LogP contribution in [0.25, 0.3) is 0 Å². The first kappa shape index (κ1) is 16.7. The molecule has 21 heavy (non-hydrogen) atoms. The molecule has 3 heteroatoms. The van der Waals surface area contributed by atoms with Crippen LogP contribution in [0.5, 0.6) is 0 Å². The molecule has 2 rings (SSSR count). The van der Waals surface area contributed by atoms with E-state index in [1.165, 1.54) is 17.5 Å². The van der Waals surface area contributed by atoms with Gasteiger partial charge in [-0.15, -0.1) is 0 Å². The minimum atomic E-state index is 0.296. The summed E-state index contributed by atoms with van der Waals surface area (Å²) in [6.45, 7) is 4.46. The summed E-state index contributed by atoms with van der Waals surface area (Å²) in [4.78, 5) is 0. The molecule has 0 aliphatic carbocycles. The van der Waals surface area contributed by atoms with Crippen molar-refractivity contribution in [2.24, 2.45) is 0 Å². The fraction of sp³-hybridized carbons (Fsp3) is 0.333. The van der Waals surface area contributed by atoms with Gasteiger partial charge in [0.25, 0.3) is 0 Å². The predicted octanol–water partition coefficient (Wildman–Crippen LogP) is 6.40. The number of rotatable bonds is 6. The molecule has 0 fully saturated rings. The molecule has 1 nitrogen and oxygen atoms in total. The van der Waals surface area contributed by atoms with E-state index in [0.29, 0.717) is 12.1 Å². The SMILES string of the molecule is CCCC(NC(C)c1ccc(Br)cc1Br)c1ccccc1. The molecular formula is C18H21Br2N.